The van der Waals surface area contributed by atoms with Gasteiger partial charge in [0.05, 0.1) is 24.8 Å². The molecular weight excluding hydrogens is 528 g/mol. The van der Waals surface area contributed by atoms with Crippen LogP contribution in [-0.2, 0) is 10.0 Å². The normalized spacial score (nSPS) is 22.4. The van der Waals surface area contributed by atoms with E-state index in [4.69, 9.17) is 10.5 Å². The number of aromatic amines is 1. The molecule has 3 N–H and O–H groups in total. The highest BCUT2D eigenvalue weighted by Crippen LogP contribution is 2.40. The molecule has 1 unspecified atom stereocenters. The van der Waals surface area contributed by atoms with Crippen molar-refractivity contribution in [3.63, 3.8) is 0 Å². The molecule has 0 spiro atoms. The molecule has 0 radical (unpaired) electrons. The number of nitrogens with zero attached hydrogens (tertiary/aromatic N) is 4. The van der Waals surface area contributed by atoms with E-state index in [0.29, 0.717) is 36.9 Å². The van der Waals surface area contributed by atoms with Crippen molar-refractivity contribution in [2.24, 2.45) is 17.6 Å². The van der Waals surface area contributed by atoms with Crippen LogP contribution in [0.25, 0.3) is 21.9 Å². The van der Waals surface area contributed by atoms with Crippen LogP contribution in [0.1, 0.15) is 60.4 Å². The van der Waals surface area contributed by atoms with Gasteiger partial charge in [0.1, 0.15) is 16.9 Å². The first-order chi connectivity index (χ1) is 19.4. The lowest BCUT2D eigenvalue weighted by atomic mass is 9.79. The quantitative estimate of drug-likeness (QED) is 0.330. The Morgan fingerprint density at radius 2 is 1.85 bits per heavy atom. The van der Waals surface area contributed by atoms with Crippen molar-refractivity contribution in [3.05, 3.63) is 60.0 Å². The Kier molecular flexibility index (Phi) is 7.41. The maximum Gasteiger partial charge on any atom is 0.248 e. The highest BCUT2D eigenvalue weighted by Gasteiger charge is 2.33. The van der Waals surface area contributed by atoms with Crippen LogP contribution in [0.4, 0.5) is 0 Å². The highest BCUT2D eigenvalue weighted by atomic mass is 32.2. The molecule has 0 bridgehead atoms. The number of aromatic nitrogens is 4. The number of piperidine rings is 1. The predicted octanol–water partition coefficient (Wildman–Crippen LogP) is 4.00. The summed E-state index contributed by atoms with van der Waals surface area (Å²) in [7, 11) is -3.36. The Labute approximate surface area is 233 Å². The number of fused-ring (bicyclic) bond motifs is 3. The molecule has 1 aliphatic heterocycles. The van der Waals surface area contributed by atoms with E-state index in [2.05, 4.69) is 20.2 Å². The van der Waals surface area contributed by atoms with Gasteiger partial charge in [-0.05, 0) is 86.3 Å². The van der Waals surface area contributed by atoms with E-state index in [0.717, 1.165) is 60.5 Å². The maximum absolute atomic E-state index is 13.4. The van der Waals surface area contributed by atoms with E-state index in [1.807, 2.05) is 18.5 Å². The fourth-order valence-corrected chi connectivity index (χ4v) is 8.28. The SMILES string of the molecule is NC(=O)c1ccc(OCC2CCCN(S(=O)(=O)CC3CCC(c4cnnc5cnc6[nH]ccc6c45)CC3)C2)cc1. The average molecular weight is 563 g/mol. The molecule has 210 valence electrons. The smallest absolute Gasteiger partial charge is 0.248 e. The van der Waals surface area contributed by atoms with Crippen molar-refractivity contribution in [1.29, 1.82) is 0 Å². The first-order valence-corrected chi connectivity index (χ1v) is 15.6. The van der Waals surface area contributed by atoms with Crippen LogP contribution >= 0.6 is 0 Å². The third-order valence-electron chi connectivity index (χ3n) is 8.45. The van der Waals surface area contributed by atoms with Crippen molar-refractivity contribution < 1.29 is 17.9 Å². The van der Waals surface area contributed by atoms with Gasteiger partial charge in [-0.25, -0.2) is 17.7 Å². The summed E-state index contributed by atoms with van der Waals surface area (Å²) in [4.78, 5) is 18.9. The van der Waals surface area contributed by atoms with Gasteiger partial charge in [0.15, 0.2) is 0 Å². The summed E-state index contributed by atoms with van der Waals surface area (Å²) in [5.41, 5.74) is 8.54. The first-order valence-electron chi connectivity index (χ1n) is 14.0. The summed E-state index contributed by atoms with van der Waals surface area (Å²) in [6, 6.07) is 8.74. The molecule has 2 aliphatic rings. The lowest BCUT2D eigenvalue weighted by molar-refractivity contribution is 0.1000. The Balaban J connectivity index is 1.05. The number of rotatable bonds is 8. The van der Waals surface area contributed by atoms with Crippen LogP contribution in [0.3, 0.4) is 0 Å². The molecule has 6 rings (SSSR count). The summed E-state index contributed by atoms with van der Waals surface area (Å²) in [5, 5.41) is 10.7. The molecule has 2 fully saturated rings. The number of H-pyrrole nitrogens is 1. The summed E-state index contributed by atoms with van der Waals surface area (Å²) >= 11 is 0. The molecule has 3 aromatic heterocycles. The number of benzene rings is 1. The van der Waals surface area contributed by atoms with E-state index in [1.54, 1.807) is 34.8 Å². The molecular formula is C29H34N6O4S. The molecule has 11 heteroatoms. The summed E-state index contributed by atoms with van der Waals surface area (Å²) in [6.45, 7) is 1.48. The van der Waals surface area contributed by atoms with Crippen molar-refractivity contribution in [2.75, 3.05) is 25.4 Å². The molecule has 40 heavy (non-hydrogen) atoms. The van der Waals surface area contributed by atoms with Crippen molar-refractivity contribution >= 4 is 37.9 Å². The molecule has 1 amide bonds. The molecule has 10 nitrogen and oxygen atoms in total. The number of nitrogens with two attached hydrogens (primary N) is 1. The molecule has 1 saturated carbocycles. The van der Waals surface area contributed by atoms with Gasteiger partial charge in [-0.1, -0.05) is 0 Å². The van der Waals surface area contributed by atoms with Gasteiger partial charge < -0.3 is 15.5 Å². The van der Waals surface area contributed by atoms with Gasteiger partial charge in [-0.2, -0.15) is 5.10 Å². The van der Waals surface area contributed by atoms with Gasteiger partial charge in [0.2, 0.25) is 15.9 Å². The van der Waals surface area contributed by atoms with Gasteiger partial charge in [0.25, 0.3) is 0 Å². The number of primary amides is 1. The zero-order valence-corrected chi connectivity index (χ0v) is 23.1. The van der Waals surface area contributed by atoms with Crippen molar-refractivity contribution in [3.8, 4) is 5.75 Å². The molecule has 4 heterocycles. The van der Waals surface area contributed by atoms with Gasteiger partial charge >= 0.3 is 0 Å². The van der Waals surface area contributed by atoms with Crippen LogP contribution < -0.4 is 10.5 Å². The second-order valence-corrected chi connectivity index (χ2v) is 13.1. The van der Waals surface area contributed by atoms with Crippen molar-refractivity contribution in [1.82, 2.24) is 24.5 Å². The van der Waals surface area contributed by atoms with E-state index in [9.17, 15) is 13.2 Å². The minimum absolute atomic E-state index is 0.127. The molecule has 1 atom stereocenters. The lowest BCUT2D eigenvalue weighted by Crippen LogP contribution is -2.43. The Bertz CT molecular complexity index is 1610. The van der Waals surface area contributed by atoms with E-state index in [-0.39, 0.29) is 17.6 Å². The molecule has 1 saturated heterocycles. The number of hydrogen-bond acceptors (Lipinski definition) is 7. The monoisotopic (exact) mass is 562 g/mol. The number of carbonyl (C=O) groups excluding carboxylic acids is 1. The Morgan fingerprint density at radius 3 is 2.62 bits per heavy atom. The first kappa shape index (κ1) is 26.6. The fourth-order valence-electron chi connectivity index (χ4n) is 6.29. The summed E-state index contributed by atoms with van der Waals surface area (Å²) < 4.78 is 34.4. The second-order valence-electron chi connectivity index (χ2n) is 11.1. The minimum Gasteiger partial charge on any atom is -0.493 e. The largest absolute Gasteiger partial charge is 0.493 e. The van der Waals surface area contributed by atoms with Crippen LogP contribution in [0, 0.1) is 11.8 Å². The van der Waals surface area contributed by atoms with Crippen LogP contribution in [0.15, 0.2) is 48.9 Å². The van der Waals surface area contributed by atoms with Crippen LogP contribution in [-0.4, -0.2) is 64.2 Å². The number of carbonyl (C=O) groups is 1. The molecule has 4 aromatic rings. The van der Waals surface area contributed by atoms with E-state index < -0.39 is 15.9 Å². The molecule has 1 aromatic carbocycles. The van der Waals surface area contributed by atoms with Crippen LogP contribution in [0.5, 0.6) is 5.75 Å². The number of amides is 1. The van der Waals surface area contributed by atoms with Crippen molar-refractivity contribution in [2.45, 2.75) is 44.4 Å². The second kappa shape index (κ2) is 11.1. The third-order valence-corrected chi connectivity index (χ3v) is 10.5. The Hall–Kier alpha value is -3.57. The topological polar surface area (TPSA) is 144 Å². The number of ether oxygens (including phenoxy) is 1. The zero-order valence-electron chi connectivity index (χ0n) is 22.3. The number of hydrogen-bond donors (Lipinski definition) is 2. The standard InChI is InChI=1S/C29H34N6O4S/c30-28(36)22-7-9-23(10-8-22)39-17-20-2-1-13-35(16-20)40(37,38)18-19-3-5-21(6-4-19)25-14-33-34-26-15-32-29-24(27(25)26)11-12-31-29/h7-12,14-15,19-21H,1-6,13,16-18H2,(H2,30,36)(H,31,32). The Morgan fingerprint density at radius 1 is 1.05 bits per heavy atom. The zero-order chi connectivity index (χ0) is 27.7. The van der Waals surface area contributed by atoms with E-state index in [1.165, 1.54) is 5.56 Å². The lowest BCUT2D eigenvalue weighted by Gasteiger charge is -2.34. The third kappa shape index (κ3) is 5.53. The fraction of sp³-hybridized carbons (Fsp3) is 0.448. The van der Waals surface area contributed by atoms with Gasteiger partial charge in [-0.3, -0.25) is 4.79 Å². The predicted molar refractivity (Wildman–Crippen MR) is 152 cm³/mol. The highest BCUT2D eigenvalue weighted by molar-refractivity contribution is 7.89. The average Bonchev–Trinajstić information content (AvgIpc) is 3.46. The number of nitrogens with one attached hydrogen (secondary N) is 1. The van der Waals surface area contributed by atoms with Gasteiger partial charge in [0, 0.05) is 41.5 Å². The minimum atomic E-state index is -3.36. The summed E-state index contributed by atoms with van der Waals surface area (Å²) in [5.74, 6) is 0.965. The number of sulfonamides is 1. The van der Waals surface area contributed by atoms with E-state index >= 15 is 0 Å². The van der Waals surface area contributed by atoms with Crippen LogP contribution in [0.2, 0.25) is 0 Å². The maximum atomic E-state index is 13.4. The van der Waals surface area contributed by atoms with Gasteiger partial charge in [-0.15, -0.1) is 5.10 Å². The number of pyridine rings is 1. The summed E-state index contributed by atoms with van der Waals surface area (Å²) in [6.07, 6.45) is 10.9. The molecule has 1 aliphatic carbocycles.